The molecule has 0 bridgehead atoms. The number of aliphatic hydroxyl groups is 2. The zero-order chi connectivity index (χ0) is 17.7. The smallest absolute Gasteiger partial charge is 0.187 e. The fourth-order valence-electron chi connectivity index (χ4n) is 4.87. The lowest BCUT2D eigenvalue weighted by atomic mass is 9.49. The minimum absolute atomic E-state index is 0.0155. The molecule has 2 N–H and O–H groups in total. The largest absolute Gasteiger partial charge is 0.386 e. The average molecular weight is 320 g/mol. The van der Waals surface area contributed by atoms with Crippen LogP contribution in [-0.4, -0.2) is 27.2 Å². The molecule has 0 amide bonds. The number of hydrogen-bond donors (Lipinski definition) is 2. The molecule has 0 saturated heterocycles. The van der Waals surface area contributed by atoms with E-state index < -0.39 is 11.2 Å². The second kappa shape index (κ2) is 5.56. The Morgan fingerprint density at radius 1 is 1.35 bits per heavy atom. The van der Waals surface area contributed by atoms with Crippen molar-refractivity contribution in [3.8, 4) is 0 Å². The van der Waals surface area contributed by atoms with Crippen molar-refractivity contribution in [2.24, 2.45) is 16.7 Å². The number of ketones is 1. The van der Waals surface area contributed by atoms with Crippen molar-refractivity contribution in [2.45, 2.75) is 77.9 Å². The van der Waals surface area contributed by atoms with Gasteiger partial charge >= 0.3 is 0 Å². The molecule has 0 heterocycles. The molecule has 0 aromatic heterocycles. The van der Waals surface area contributed by atoms with Crippen LogP contribution in [0.3, 0.4) is 0 Å². The third kappa shape index (κ3) is 3.06. The van der Waals surface area contributed by atoms with Gasteiger partial charge in [0.1, 0.15) is 5.60 Å². The van der Waals surface area contributed by atoms with Crippen LogP contribution in [0.2, 0.25) is 0 Å². The normalized spacial score (nSPS) is 39.2. The number of carbonyl (C=O) groups is 1. The molecule has 130 valence electrons. The summed E-state index contributed by atoms with van der Waals surface area (Å²) >= 11 is 0. The van der Waals surface area contributed by atoms with E-state index in [1.165, 1.54) is 11.6 Å². The van der Waals surface area contributed by atoms with Crippen LogP contribution in [0.5, 0.6) is 0 Å². The highest BCUT2D eigenvalue weighted by Gasteiger charge is 2.57. The van der Waals surface area contributed by atoms with Crippen LogP contribution in [0, 0.1) is 16.7 Å². The summed E-state index contributed by atoms with van der Waals surface area (Å²) in [5.41, 5.74) is -1.38. The molecule has 0 aromatic carbocycles. The van der Waals surface area contributed by atoms with Crippen LogP contribution in [-0.2, 0) is 4.79 Å². The van der Waals surface area contributed by atoms with Crippen molar-refractivity contribution in [3.63, 3.8) is 0 Å². The van der Waals surface area contributed by atoms with Gasteiger partial charge in [-0.15, -0.1) is 6.58 Å². The summed E-state index contributed by atoms with van der Waals surface area (Å²) < 4.78 is 0. The van der Waals surface area contributed by atoms with Crippen LogP contribution in [0.4, 0.5) is 0 Å². The fraction of sp³-hybridized carbons (Fsp3) is 0.750. The topological polar surface area (TPSA) is 57.5 Å². The quantitative estimate of drug-likeness (QED) is 0.775. The van der Waals surface area contributed by atoms with E-state index in [4.69, 9.17) is 0 Å². The second-order valence-corrected chi connectivity index (χ2v) is 8.88. The molecule has 3 heteroatoms. The van der Waals surface area contributed by atoms with E-state index in [2.05, 4.69) is 27.4 Å². The van der Waals surface area contributed by atoms with Crippen molar-refractivity contribution >= 4 is 5.78 Å². The van der Waals surface area contributed by atoms with E-state index in [9.17, 15) is 15.0 Å². The lowest BCUT2D eigenvalue weighted by Crippen LogP contribution is -2.56. The molecule has 1 fully saturated rings. The van der Waals surface area contributed by atoms with E-state index in [1.54, 1.807) is 19.9 Å². The molecule has 4 unspecified atom stereocenters. The van der Waals surface area contributed by atoms with Crippen molar-refractivity contribution < 1.29 is 15.0 Å². The van der Waals surface area contributed by atoms with E-state index in [0.717, 1.165) is 19.3 Å². The number of hydrogen-bond acceptors (Lipinski definition) is 3. The number of fused-ring (bicyclic) bond motifs is 1. The minimum Gasteiger partial charge on any atom is -0.386 e. The summed E-state index contributed by atoms with van der Waals surface area (Å²) in [5.74, 6) is -0.378. The molecule has 3 nitrogen and oxygen atoms in total. The molecule has 2 rings (SSSR count). The third-order valence-corrected chi connectivity index (χ3v) is 6.44. The van der Waals surface area contributed by atoms with Gasteiger partial charge in [0, 0.05) is 5.92 Å². The van der Waals surface area contributed by atoms with Gasteiger partial charge in [0.25, 0.3) is 0 Å². The van der Waals surface area contributed by atoms with Gasteiger partial charge in [-0.05, 0) is 56.4 Å². The Kier molecular flexibility index (Phi) is 4.45. The van der Waals surface area contributed by atoms with Crippen LogP contribution >= 0.6 is 0 Å². The number of allylic oxidation sites excluding steroid dienone is 1. The summed E-state index contributed by atoms with van der Waals surface area (Å²) in [6.45, 7) is 13.6. The molecule has 4 atom stereocenters. The maximum absolute atomic E-state index is 12.6. The molecule has 0 radical (unpaired) electrons. The molecule has 1 saturated carbocycles. The zero-order valence-corrected chi connectivity index (χ0v) is 15.3. The average Bonchev–Trinajstić information content (AvgIpc) is 2.41. The molecule has 2 aliphatic carbocycles. The van der Waals surface area contributed by atoms with Gasteiger partial charge in [-0.1, -0.05) is 38.8 Å². The van der Waals surface area contributed by atoms with Crippen LogP contribution in [0.25, 0.3) is 0 Å². The molecule has 0 aliphatic heterocycles. The molecular formula is C20H32O3. The maximum atomic E-state index is 12.6. The molecule has 0 aromatic rings. The Hall–Kier alpha value is -0.930. The van der Waals surface area contributed by atoms with Crippen molar-refractivity contribution in [1.82, 2.24) is 0 Å². The SMILES string of the molecule is C=CC(C)(O)CCC1C(C)(O)C(=O)C=C2C(C)(C)CCCC21C. The first kappa shape index (κ1) is 18.4. The van der Waals surface area contributed by atoms with Gasteiger partial charge in [0.2, 0.25) is 0 Å². The monoisotopic (exact) mass is 320 g/mol. The van der Waals surface area contributed by atoms with E-state index in [1.807, 2.05) is 0 Å². The Bertz CT molecular complexity index is 539. The van der Waals surface area contributed by atoms with Crippen molar-refractivity contribution in [1.29, 1.82) is 0 Å². The van der Waals surface area contributed by atoms with Crippen LogP contribution in [0.1, 0.15) is 66.7 Å². The number of rotatable bonds is 4. The van der Waals surface area contributed by atoms with E-state index in [-0.39, 0.29) is 22.5 Å². The highest BCUT2D eigenvalue weighted by Crippen LogP contribution is 2.60. The zero-order valence-electron chi connectivity index (χ0n) is 15.3. The lowest BCUT2D eigenvalue weighted by molar-refractivity contribution is -0.147. The van der Waals surface area contributed by atoms with Gasteiger partial charge in [0.15, 0.2) is 5.78 Å². The highest BCUT2D eigenvalue weighted by atomic mass is 16.3. The van der Waals surface area contributed by atoms with E-state index in [0.29, 0.717) is 12.8 Å². The van der Waals surface area contributed by atoms with Gasteiger partial charge in [0.05, 0.1) is 5.60 Å². The first-order chi connectivity index (χ1) is 10.4. The van der Waals surface area contributed by atoms with Gasteiger partial charge in [-0.3, -0.25) is 4.79 Å². The second-order valence-electron chi connectivity index (χ2n) is 8.88. The molecule has 0 spiro atoms. The van der Waals surface area contributed by atoms with Crippen LogP contribution in [0.15, 0.2) is 24.3 Å². The maximum Gasteiger partial charge on any atom is 0.187 e. The fourth-order valence-corrected chi connectivity index (χ4v) is 4.87. The first-order valence-corrected chi connectivity index (χ1v) is 8.72. The molecule has 23 heavy (non-hydrogen) atoms. The minimum atomic E-state index is -1.37. The van der Waals surface area contributed by atoms with Gasteiger partial charge in [-0.2, -0.15) is 0 Å². The first-order valence-electron chi connectivity index (χ1n) is 8.72. The number of carbonyl (C=O) groups excluding carboxylic acids is 1. The standard InChI is InChI=1S/C20H32O3/c1-7-18(4,22)12-9-14-19(5)11-8-10-17(2,3)15(19)13-16(21)20(14,6)23/h7,13-14,22-23H,1,8-12H2,2-6H3. The highest BCUT2D eigenvalue weighted by molar-refractivity contribution is 5.99. The molecular weight excluding hydrogens is 288 g/mol. The predicted molar refractivity (Wildman–Crippen MR) is 93.0 cm³/mol. The van der Waals surface area contributed by atoms with Gasteiger partial charge in [-0.25, -0.2) is 0 Å². The van der Waals surface area contributed by atoms with Gasteiger partial charge < -0.3 is 10.2 Å². The Morgan fingerprint density at radius 3 is 2.52 bits per heavy atom. The van der Waals surface area contributed by atoms with Crippen molar-refractivity contribution in [2.75, 3.05) is 0 Å². The van der Waals surface area contributed by atoms with E-state index >= 15 is 0 Å². The summed E-state index contributed by atoms with van der Waals surface area (Å²) in [6.07, 6.45) is 7.49. The summed E-state index contributed by atoms with van der Waals surface area (Å²) in [7, 11) is 0. The Labute approximate surface area is 140 Å². The Balaban J connectivity index is 2.44. The third-order valence-electron chi connectivity index (χ3n) is 6.44. The lowest BCUT2D eigenvalue weighted by Gasteiger charge is -2.56. The van der Waals surface area contributed by atoms with Crippen molar-refractivity contribution in [3.05, 3.63) is 24.3 Å². The summed E-state index contributed by atoms with van der Waals surface area (Å²) in [6, 6.07) is 0. The summed E-state index contributed by atoms with van der Waals surface area (Å²) in [4.78, 5) is 12.6. The van der Waals surface area contributed by atoms with Crippen LogP contribution < -0.4 is 0 Å². The predicted octanol–water partition coefficient (Wildman–Crippen LogP) is 3.80. The Morgan fingerprint density at radius 2 is 1.96 bits per heavy atom. The molecule has 2 aliphatic rings. The summed E-state index contributed by atoms with van der Waals surface area (Å²) in [5, 5.41) is 21.2.